The molecule has 1 aliphatic heterocycles. The lowest BCUT2D eigenvalue weighted by molar-refractivity contribution is -0.0513. The molecule has 15 heavy (non-hydrogen) atoms. The summed E-state index contributed by atoms with van der Waals surface area (Å²) in [7, 11) is 0. The minimum atomic E-state index is 0.348. The molecule has 1 saturated carbocycles. The van der Waals surface area contributed by atoms with Crippen LogP contribution in [0, 0.1) is 5.41 Å². The highest BCUT2D eigenvalue weighted by Crippen LogP contribution is 2.45. The summed E-state index contributed by atoms with van der Waals surface area (Å²) >= 11 is 5.75. The molecule has 0 aromatic carbocycles. The molecule has 2 aliphatic rings. The second-order valence-electron chi connectivity index (χ2n) is 4.57. The van der Waals surface area contributed by atoms with Crippen LogP contribution in [-0.4, -0.2) is 24.2 Å². The molecule has 80 valence electrons. The van der Waals surface area contributed by atoms with Gasteiger partial charge in [0, 0.05) is 30.8 Å². The van der Waals surface area contributed by atoms with Gasteiger partial charge >= 0.3 is 0 Å². The maximum Gasteiger partial charge on any atom is 0.213 e. The number of hydrogen-bond acceptors (Lipinski definition) is 3. The number of nitrogens with zero attached hydrogens (tertiary/aromatic N) is 1. The molecule has 0 bridgehead atoms. The van der Waals surface area contributed by atoms with Gasteiger partial charge in [-0.2, -0.15) is 0 Å². The highest BCUT2D eigenvalue weighted by Gasteiger charge is 2.49. The van der Waals surface area contributed by atoms with Gasteiger partial charge in [-0.05, 0) is 18.9 Å². The van der Waals surface area contributed by atoms with Gasteiger partial charge in [0.15, 0.2) is 0 Å². The number of pyridine rings is 1. The summed E-state index contributed by atoms with van der Waals surface area (Å²) in [6.45, 7) is 2.31. The number of rotatable bonds is 2. The number of aromatic nitrogens is 1. The maximum atomic E-state index is 5.75. The minimum Gasteiger partial charge on any atom is -0.474 e. The predicted molar refractivity (Wildman–Crippen MR) is 58.2 cm³/mol. The van der Waals surface area contributed by atoms with E-state index >= 15 is 0 Å². The van der Waals surface area contributed by atoms with E-state index in [9.17, 15) is 0 Å². The summed E-state index contributed by atoms with van der Waals surface area (Å²) in [5, 5.41) is 3.96. The summed E-state index contributed by atoms with van der Waals surface area (Å²) in [6.07, 6.45) is 4.28. The quantitative estimate of drug-likeness (QED) is 0.833. The van der Waals surface area contributed by atoms with Gasteiger partial charge in [-0.25, -0.2) is 4.98 Å². The minimum absolute atomic E-state index is 0.348. The smallest absolute Gasteiger partial charge is 0.213 e. The maximum absolute atomic E-state index is 5.75. The van der Waals surface area contributed by atoms with Crippen LogP contribution in [0.3, 0.4) is 0 Å². The van der Waals surface area contributed by atoms with E-state index in [2.05, 4.69) is 10.3 Å². The van der Waals surface area contributed by atoms with E-state index in [4.69, 9.17) is 16.3 Å². The van der Waals surface area contributed by atoms with Crippen molar-refractivity contribution in [2.45, 2.75) is 18.9 Å². The van der Waals surface area contributed by atoms with Gasteiger partial charge in [0.2, 0.25) is 5.88 Å². The Morgan fingerprint density at radius 2 is 2.20 bits per heavy atom. The van der Waals surface area contributed by atoms with Crippen LogP contribution in [-0.2, 0) is 0 Å². The van der Waals surface area contributed by atoms with Crippen LogP contribution in [0.5, 0.6) is 5.88 Å². The Bertz CT molecular complexity index is 353. The van der Waals surface area contributed by atoms with Crippen molar-refractivity contribution in [3.63, 3.8) is 0 Å². The number of ether oxygens (including phenoxy) is 1. The van der Waals surface area contributed by atoms with Crippen LogP contribution in [0.2, 0.25) is 5.02 Å². The van der Waals surface area contributed by atoms with Crippen LogP contribution in [0.15, 0.2) is 18.3 Å². The van der Waals surface area contributed by atoms with E-state index in [-0.39, 0.29) is 0 Å². The van der Waals surface area contributed by atoms with Crippen molar-refractivity contribution in [1.82, 2.24) is 10.3 Å². The van der Waals surface area contributed by atoms with Crippen LogP contribution in [0.4, 0.5) is 0 Å². The van der Waals surface area contributed by atoms with Crippen LogP contribution in [0.1, 0.15) is 12.8 Å². The highest BCUT2D eigenvalue weighted by atomic mass is 35.5. The summed E-state index contributed by atoms with van der Waals surface area (Å²) < 4.78 is 5.74. The molecule has 0 atom stereocenters. The molecule has 1 N–H and O–H groups in total. The molecular formula is C11H13ClN2O. The fraction of sp³-hybridized carbons (Fsp3) is 0.545. The zero-order valence-corrected chi connectivity index (χ0v) is 9.13. The first-order valence-electron chi connectivity index (χ1n) is 5.25. The Morgan fingerprint density at radius 1 is 1.40 bits per heavy atom. The molecule has 1 aromatic rings. The largest absolute Gasteiger partial charge is 0.474 e. The summed E-state index contributed by atoms with van der Waals surface area (Å²) in [4.78, 5) is 4.12. The van der Waals surface area contributed by atoms with E-state index in [0.29, 0.717) is 22.4 Å². The van der Waals surface area contributed by atoms with E-state index in [1.807, 2.05) is 12.1 Å². The van der Waals surface area contributed by atoms with Gasteiger partial charge in [-0.1, -0.05) is 11.6 Å². The molecule has 4 heteroatoms. The lowest BCUT2D eigenvalue weighted by Crippen LogP contribution is -2.62. The topological polar surface area (TPSA) is 34.1 Å². The molecule has 2 heterocycles. The highest BCUT2D eigenvalue weighted by molar-refractivity contribution is 6.30. The van der Waals surface area contributed by atoms with E-state index in [0.717, 1.165) is 25.9 Å². The van der Waals surface area contributed by atoms with Crippen molar-refractivity contribution < 1.29 is 4.74 Å². The second kappa shape index (κ2) is 3.35. The zero-order valence-electron chi connectivity index (χ0n) is 8.37. The van der Waals surface area contributed by atoms with E-state index in [1.165, 1.54) is 0 Å². The summed E-state index contributed by atoms with van der Waals surface area (Å²) in [6, 6.07) is 3.63. The normalized spacial score (nSPS) is 23.3. The van der Waals surface area contributed by atoms with Crippen LogP contribution < -0.4 is 10.1 Å². The molecular weight excluding hydrogens is 212 g/mol. The first-order chi connectivity index (χ1) is 7.26. The third kappa shape index (κ3) is 1.70. The summed E-state index contributed by atoms with van der Waals surface area (Å²) in [5.74, 6) is 0.687. The van der Waals surface area contributed by atoms with Crippen molar-refractivity contribution in [2.75, 3.05) is 13.1 Å². The molecule has 2 fully saturated rings. The average molecular weight is 225 g/mol. The standard InChI is InChI=1S/C11H13ClN2O/c12-8-1-2-10(14-5-8)15-9-3-11(4-9)6-13-7-11/h1-2,5,9,13H,3-4,6-7H2. The van der Waals surface area contributed by atoms with Gasteiger partial charge < -0.3 is 10.1 Å². The number of hydrogen-bond donors (Lipinski definition) is 1. The Morgan fingerprint density at radius 3 is 2.73 bits per heavy atom. The lowest BCUT2D eigenvalue weighted by atomic mass is 9.63. The Labute approximate surface area is 93.8 Å². The molecule has 1 aromatic heterocycles. The Hall–Kier alpha value is -0.800. The molecule has 1 spiro atoms. The van der Waals surface area contributed by atoms with Gasteiger partial charge in [0.1, 0.15) is 6.10 Å². The zero-order chi connectivity index (χ0) is 10.3. The Balaban J connectivity index is 1.56. The summed E-state index contributed by atoms with van der Waals surface area (Å²) in [5.41, 5.74) is 0.553. The van der Waals surface area contributed by atoms with Gasteiger partial charge in [0.05, 0.1) is 5.02 Å². The monoisotopic (exact) mass is 224 g/mol. The lowest BCUT2D eigenvalue weighted by Gasteiger charge is -2.53. The molecule has 1 saturated heterocycles. The van der Waals surface area contributed by atoms with E-state index < -0.39 is 0 Å². The molecule has 0 unspecified atom stereocenters. The van der Waals surface area contributed by atoms with Crippen molar-refractivity contribution in [2.24, 2.45) is 5.41 Å². The van der Waals surface area contributed by atoms with Crippen molar-refractivity contribution in [1.29, 1.82) is 0 Å². The van der Waals surface area contributed by atoms with Crippen molar-refractivity contribution >= 4 is 11.6 Å². The SMILES string of the molecule is Clc1ccc(OC2CC3(CNC3)C2)nc1. The fourth-order valence-electron chi connectivity index (χ4n) is 2.36. The molecule has 1 aliphatic carbocycles. The first kappa shape index (κ1) is 9.43. The number of halogens is 1. The number of nitrogens with one attached hydrogen (secondary N) is 1. The molecule has 0 radical (unpaired) electrons. The molecule has 3 rings (SSSR count). The second-order valence-corrected chi connectivity index (χ2v) is 5.00. The predicted octanol–water partition coefficient (Wildman–Crippen LogP) is 1.87. The van der Waals surface area contributed by atoms with Crippen molar-refractivity contribution in [3.8, 4) is 5.88 Å². The van der Waals surface area contributed by atoms with Crippen LogP contribution >= 0.6 is 11.6 Å². The first-order valence-corrected chi connectivity index (χ1v) is 5.63. The Kier molecular flexibility index (Phi) is 2.11. The van der Waals surface area contributed by atoms with Gasteiger partial charge in [-0.3, -0.25) is 0 Å². The average Bonchev–Trinajstić information content (AvgIpc) is 2.10. The van der Waals surface area contributed by atoms with E-state index in [1.54, 1.807) is 6.20 Å². The van der Waals surface area contributed by atoms with Crippen LogP contribution in [0.25, 0.3) is 0 Å². The van der Waals surface area contributed by atoms with Gasteiger partial charge in [-0.15, -0.1) is 0 Å². The van der Waals surface area contributed by atoms with Gasteiger partial charge in [0.25, 0.3) is 0 Å². The molecule has 0 amide bonds. The molecule has 3 nitrogen and oxygen atoms in total. The third-order valence-electron chi connectivity index (χ3n) is 3.31. The van der Waals surface area contributed by atoms with Crippen molar-refractivity contribution in [3.05, 3.63) is 23.4 Å². The third-order valence-corrected chi connectivity index (χ3v) is 3.53. The fourth-order valence-corrected chi connectivity index (χ4v) is 2.47.